The second-order valence-electron chi connectivity index (χ2n) is 4.98. The van der Waals surface area contributed by atoms with E-state index in [0.717, 1.165) is 18.6 Å². The molecular formula is C12H16ClF2N. The van der Waals surface area contributed by atoms with Gasteiger partial charge in [0.05, 0.1) is 10.7 Å². The van der Waals surface area contributed by atoms with Gasteiger partial charge in [0.15, 0.2) is 5.82 Å². The molecule has 0 heterocycles. The average molecular weight is 248 g/mol. The first-order valence-corrected chi connectivity index (χ1v) is 5.56. The molecule has 0 amide bonds. The van der Waals surface area contributed by atoms with Gasteiger partial charge in [-0.3, -0.25) is 0 Å². The summed E-state index contributed by atoms with van der Waals surface area (Å²) in [5, 5.41) is 2.97. The monoisotopic (exact) mass is 247 g/mol. The lowest BCUT2D eigenvalue weighted by atomic mass is 9.92. The summed E-state index contributed by atoms with van der Waals surface area (Å²) in [5.74, 6) is -1.32. The van der Waals surface area contributed by atoms with Crippen LogP contribution in [0.15, 0.2) is 12.1 Å². The van der Waals surface area contributed by atoms with Gasteiger partial charge in [0.2, 0.25) is 0 Å². The van der Waals surface area contributed by atoms with E-state index in [1.807, 2.05) is 0 Å². The Balaban J connectivity index is 2.68. The summed E-state index contributed by atoms with van der Waals surface area (Å²) in [5.41, 5.74) is 0.336. The second kappa shape index (κ2) is 5.00. The molecule has 0 saturated heterocycles. The van der Waals surface area contributed by atoms with Crippen molar-refractivity contribution in [1.29, 1.82) is 0 Å². The molecule has 4 heteroatoms. The summed E-state index contributed by atoms with van der Waals surface area (Å²) in [6, 6.07) is 1.93. The molecule has 1 N–H and O–H groups in total. The highest BCUT2D eigenvalue weighted by atomic mass is 35.5. The van der Waals surface area contributed by atoms with Crippen LogP contribution in [0.2, 0.25) is 5.02 Å². The first kappa shape index (κ1) is 13.2. The number of benzene rings is 1. The lowest BCUT2D eigenvalue weighted by Gasteiger charge is -2.19. The van der Waals surface area contributed by atoms with Crippen LogP contribution in [0.3, 0.4) is 0 Å². The number of halogens is 3. The Labute approximate surface area is 99.8 Å². The number of anilines is 1. The molecule has 0 aliphatic heterocycles. The number of hydrogen-bond donors (Lipinski definition) is 1. The molecule has 0 aliphatic rings. The first-order chi connectivity index (χ1) is 7.29. The zero-order valence-electron chi connectivity index (χ0n) is 9.70. The fourth-order valence-electron chi connectivity index (χ4n) is 1.27. The van der Waals surface area contributed by atoms with E-state index in [0.29, 0.717) is 6.54 Å². The van der Waals surface area contributed by atoms with E-state index >= 15 is 0 Å². The van der Waals surface area contributed by atoms with Crippen LogP contribution in [0, 0.1) is 17.0 Å². The molecule has 90 valence electrons. The molecule has 0 atom stereocenters. The Hall–Kier alpha value is -0.830. The second-order valence-corrected chi connectivity index (χ2v) is 5.39. The molecule has 0 aliphatic carbocycles. The van der Waals surface area contributed by atoms with Crippen molar-refractivity contribution in [3.8, 4) is 0 Å². The molecule has 0 saturated carbocycles. The molecule has 1 rings (SSSR count). The Kier molecular flexibility index (Phi) is 4.14. The van der Waals surface area contributed by atoms with Gasteiger partial charge >= 0.3 is 0 Å². The van der Waals surface area contributed by atoms with Gasteiger partial charge in [-0.1, -0.05) is 32.4 Å². The van der Waals surface area contributed by atoms with Crippen LogP contribution in [0.4, 0.5) is 14.5 Å². The Morgan fingerprint density at radius 1 is 1.25 bits per heavy atom. The SMILES string of the molecule is CC(C)(C)CCNc1c(F)cc(F)cc1Cl. The van der Waals surface area contributed by atoms with E-state index in [4.69, 9.17) is 11.6 Å². The molecule has 1 nitrogen and oxygen atoms in total. The van der Waals surface area contributed by atoms with Gasteiger partial charge in [-0.05, 0) is 17.9 Å². The molecule has 0 unspecified atom stereocenters. The summed E-state index contributed by atoms with van der Waals surface area (Å²) >= 11 is 5.74. The quantitative estimate of drug-likeness (QED) is 0.831. The summed E-state index contributed by atoms with van der Waals surface area (Å²) in [4.78, 5) is 0. The molecule has 0 radical (unpaired) electrons. The van der Waals surface area contributed by atoms with Crippen LogP contribution in [0.25, 0.3) is 0 Å². The standard InChI is InChI=1S/C12H16ClF2N/c1-12(2,3)4-5-16-11-9(13)6-8(14)7-10(11)15/h6-7,16H,4-5H2,1-3H3. The van der Waals surface area contributed by atoms with E-state index in [1.54, 1.807) is 0 Å². The molecule has 0 bridgehead atoms. The summed E-state index contributed by atoms with van der Waals surface area (Å²) in [7, 11) is 0. The van der Waals surface area contributed by atoms with Crippen LogP contribution < -0.4 is 5.32 Å². The Morgan fingerprint density at radius 3 is 2.38 bits per heavy atom. The summed E-state index contributed by atoms with van der Waals surface area (Å²) in [6.45, 7) is 6.89. The maximum absolute atomic E-state index is 13.3. The molecule has 0 fully saturated rings. The molecule has 0 spiro atoms. The van der Waals surface area contributed by atoms with Gasteiger partial charge < -0.3 is 5.32 Å². The zero-order chi connectivity index (χ0) is 12.3. The van der Waals surface area contributed by atoms with Crippen molar-refractivity contribution in [1.82, 2.24) is 0 Å². The molecular weight excluding hydrogens is 232 g/mol. The fraction of sp³-hybridized carbons (Fsp3) is 0.500. The summed E-state index contributed by atoms with van der Waals surface area (Å²) in [6.07, 6.45) is 0.875. The minimum Gasteiger partial charge on any atom is -0.381 e. The summed E-state index contributed by atoms with van der Waals surface area (Å²) < 4.78 is 26.1. The number of rotatable bonds is 3. The van der Waals surface area contributed by atoms with E-state index in [1.165, 1.54) is 0 Å². The first-order valence-electron chi connectivity index (χ1n) is 5.18. The molecule has 16 heavy (non-hydrogen) atoms. The van der Waals surface area contributed by atoms with Gasteiger partial charge in [0.25, 0.3) is 0 Å². The number of nitrogens with one attached hydrogen (secondary N) is 1. The minimum absolute atomic E-state index is 0.0754. The van der Waals surface area contributed by atoms with Crippen molar-refractivity contribution in [3.05, 3.63) is 28.8 Å². The van der Waals surface area contributed by atoms with E-state index in [-0.39, 0.29) is 16.1 Å². The van der Waals surface area contributed by atoms with Gasteiger partial charge in [0, 0.05) is 12.6 Å². The van der Waals surface area contributed by atoms with Crippen molar-refractivity contribution >= 4 is 17.3 Å². The predicted molar refractivity (Wildman–Crippen MR) is 63.9 cm³/mol. The van der Waals surface area contributed by atoms with Crippen LogP contribution in [0.1, 0.15) is 27.2 Å². The average Bonchev–Trinajstić information content (AvgIpc) is 2.07. The van der Waals surface area contributed by atoms with E-state index < -0.39 is 11.6 Å². The minimum atomic E-state index is -0.663. The van der Waals surface area contributed by atoms with Crippen LogP contribution in [-0.2, 0) is 0 Å². The van der Waals surface area contributed by atoms with E-state index in [9.17, 15) is 8.78 Å². The van der Waals surface area contributed by atoms with Gasteiger partial charge in [-0.2, -0.15) is 0 Å². The predicted octanol–water partition coefficient (Wildman–Crippen LogP) is 4.47. The van der Waals surface area contributed by atoms with Crippen molar-refractivity contribution in [2.75, 3.05) is 11.9 Å². The van der Waals surface area contributed by atoms with Crippen molar-refractivity contribution < 1.29 is 8.78 Å². The molecule has 1 aromatic rings. The normalized spacial score (nSPS) is 11.6. The van der Waals surface area contributed by atoms with Crippen LogP contribution in [0.5, 0.6) is 0 Å². The lowest BCUT2D eigenvalue weighted by molar-refractivity contribution is 0.389. The highest BCUT2D eigenvalue weighted by Gasteiger charge is 2.12. The van der Waals surface area contributed by atoms with Crippen molar-refractivity contribution in [3.63, 3.8) is 0 Å². The smallest absolute Gasteiger partial charge is 0.150 e. The maximum atomic E-state index is 13.3. The van der Waals surface area contributed by atoms with Crippen molar-refractivity contribution in [2.45, 2.75) is 27.2 Å². The van der Waals surface area contributed by atoms with Crippen LogP contribution in [-0.4, -0.2) is 6.54 Å². The number of hydrogen-bond acceptors (Lipinski definition) is 1. The highest BCUT2D eigenvalue weighted by Crippen LogP contribution is 2.27. The Bertz CT molecular complexity index is 349. The van der Waals surface area contributed by atoms with E-state index in [2.05, 4.69) is 26.1 Å². The van der Waals surface area contributed by atoms with Gasteiger partial charge in [-0.25, -0.2) is 8.78 Å². The maximum Gasteiger partial charge on any atom is 0.150 e. The molecule has 1 aromatic carbocycles. The third kappa shape index (κ3) is 3.97. The van der Waals surface area contributed by atoms with Crippen molar-refractivity contribution in [2.24, 2.45) is 5.41 Å². The Morgan fingerprint density at radius 2 is 1.88 bits per heavy atom. The van der Waals surface area contributed by atoms with Gasteiger partial charge in [-0.15, -0.1) is 0 Å². The topological polar surface area (TPSA) is 12.0 Å². The largest absolute Gasteiger partial charge is 0.381 e. The zero-order valence-corrected chi connectivity index (χ0v) is 10.5. The third-order valence-corrected chi connectivity index (χ3v) is 2.48. The lowest BCUT2D eigenvalue weighted by Crippen LogP contribution is -2.13. The third-order valence-electron chi connectivity index (χ3n) is 2.18. The molecule has 0 aromatic heterocycles. The highest BCUT2D eigenvalue weighted by molar-refractivity contribution is 6.33. The van der Waals surface area contributed by atoms with Crippen LogP contribution >= 0.6 is 11.6 Å². The van der Waals surface area contributed by atoms with Gasteiger partial charge in [0.1, 0.15) is 5.82 Å². The fourth-order valence-corrected chi connectivity index (χ4v) is 1.53.